The molecule has 6 nitrogen and oxygen atoms in total. The predicted octanol–water partition coefficient (Wildman–Crippen LogP) is 2.75. The fourth-order valence-electron chi connectivity index (χ4n) is 1.61. The van der Waals surface area contributed by atoms with E-state index in [9.17, 15) is 8.78 Å². The molecule has 0 bridgehead atoms. The average Bonchev–Trinajstić information content (AvgIpc) is 3.05. The summed E-state index contributed by atoms with van der Waals surface area (Å²) in [4.78, 5) is 4.08. The molecule has 3 N–H and O–H groups in total. The highest BCUT2D eigenvalue weighted by Crippen LogP contribution is 2.31. The molecular weight excluding hydrogens is 336 g/mol. The van der Waals surface area contributed by atoms with Gasteiger partial charge in [0.15, 0.2) is 11.6 Å². The zero-order valence-electron chi connectivity index (χ0n) is 9.69. The summed E-state index contributed by atoms with van der Waals surface area (Å²) >= 11 is 2.96. The summed E-state index contributed by atoms with van der Waals surface area (Å²) in [5.41, 5.74) is 6.33. The SMILES string of the molecule is Nc1[nH]ncc1-c1nc(-c2ccc(F)c(F)c2Br)no1. The fraction of sp³-hybridized carbons (Fsp3) is 0. The minimum atomic E-state index is -1.02. The number of benzene rings is 1. The first-order valence-corrected chi connectivity index (χ1v) is 6.14. The van der Waals surface area contributed by atoms with Gasteiger partial charge in [-0.15, -0.1) is 0 Å². The molecule has 9 heteroatoms. The lowest BCUT2D eigenvalue weighted by atomic mass is 10.2. The van der Waals surface area contributed by atoms with Crippen LogP contribution in [-0.2, 0) is 0 Å². The first-order chi connectivity index (χ1) is 9.58. The first kappa shape index (κ1) is 12.7. The summed E-state index contributed by atoms with van der Waals surface area (Å²) in [6.45, 7) is 0. The average molecular weight is 342 g/mol. The van der Waals surface area contributed by atoms with E-state index in [1.54, 1.807) is 0 Å². The molecule has 1 aromatic carbocycles. The maximum absolute atomic E-state index is 13.5. The van der Waals surface area contributed by atoms with Crippen LogP contribution in [0, 0.1) is 11.6 Å². The third-order valence-corrected chi connectivity index (χ3v) is 3.38. The Morgan fingerprint density at radius 2 is 2.05 bits per heavy atom. The van der Waals surface area contributed by atoms with Crippen molar-refractivity contribution in [1.29, 1.82) is 0 Å². The van der Waals surface area contributed by atoms with E-state index in [-0.39, 0.29) is 27.6 Å². The molecule has 0 aliphatic heterocycles. The largest absolute Gasteiger partial charge is 0.383 e. The second-order valence-corrected chi connectivity index (χ2v) is 4.64. The standard InChI is InChI=1S/C11H6BrF2N5O/c12-7-4(1-2-6(13)8(7)14)10-17-11(20-19-10)5-3-16-18-9(5)15/h1-3H,(H3,15,16,18). The van der Waals surface area contributed by atoms with E-state index in [2.05, 4.69) is 36.3 Å². The molecule has 2 heterocycles. The highest BCUT2D eigenvalue weighted by Gasteiger charge is 2.19. The van der Waals surface area contributed by atoms with E-state index in [0.29, 0.717) is 5.56 Å². The van der Waals surface area contributed by atoms with Crippen molar-refractivity contribution in [1.82, 2.24) is 20.3 Å². The molecule has 20 heavy (non-hydrogen) atoms. The third-order valence-electron chi connectivity index (χ3n) is 2.60. The van der Waals surface area contributed by atoms with Gasteiger partial charge in [0.2, 0.25) is 5.82 Å². The highest BCUT2D eigenvalue weighted by atomic mass is 79.9. The number of hydrogen-bond donors (Lipinski definition) is 2. The van der Waals surface area contributed by atoms with Crippen molar-refractivity contribution < 1.29 is 13.3 Å². The number of nitrogens with one attached hydrogen (secondary N) is 1. The van der Waals surface area contributed by atoms with Crippen molar-refractivity contribution in [3.63, 3.8) is 0 Å². The predicted molar refractivity (Wildman–Crippen MR) is 69.3 cm³/mol. The molecule has 0 unspecified atom stereocenters. The number of rotatable bonds is 2. The number of nitrogen functional groups attached to an aromatic ring is 1. The maximum Gasteiger partial charge on any atom is 0.263 e. The minimum absolute atomic E-state index is 0.0787. The molecule has 0 aliphatic rings. The van der Waals surface area contributed by atoms with Crippen LogP contribution in [0.4, 0.5) is 14.6 Å². The van der Waals surface area contributed by atoms with E-state index in [1.165, 1.54) is 12.3 Å². The van der Waals surface area contributed by atoms with Crippen molar-refractivity contribution in [3.05, 3.63) is 34.4 Å². The second kappa shape index (κ2) is 4.67. The zero-order valence-corrected chi connectivity index (χ0v) is 11.3. The van der Waals surface area contributed by atoms with E-state index in [1.807, 2.05) is 0 Å². The summed E-state index contributed by atoms with van der Waals surface area (Å²) in [5.74, 6) is -1.49. The zero-order chi connectivity index (χ0) is 14.3. The van der Waals surface area contributed by atoms with Gasteiger partial charge in [0, 0.05) is 5.56 Å². The molecule has 0 spiro atoms. The molecule has 0 radical (unpaired) electrons. The van der Waals surface area contributed by atoms with Crippen molar-refractivity contribution >= 4 is 21.7 Å². The van der Waals surface area contributed by atoms with Crippen LogP contribution in [-0.4, -0.2) is 20.3 Å². The number of hydrogen-bond acceptors (Lipinski definition) is 5. The Kier molecular flexibility index (Phi) is 2.97. The topological polar surface area (TPSA) is 93.6 Å². The molecule has 0 aliphatic carbocycles. The van der Waals surface area contributed by atoms with Gasteiger partial charge in [-0.2, -0.15) is 10.1 Å². The van der Waals surface area contributed by atoms with Crippen LogP contribution in [0.15, 0.2) is 27.3 Å². The van der Waals surface area contributed by atoms with Gasteiger partial charge in [0.1, 0.15) is 11.4 Å². The fourth-order valence-corrected chi connectivity index (χ4v) is 2.11. The number of aromatic nitrogens is 4. The Morgan fingerprint density at radius 1 is 1.25 bits per heavy atom. The maximum atomic E-state index is 13.5. The van der Waals surface area contributed by atoms with Crippen LogP contribution in [0.3, 0.4) is 0 Å². The van der Waals surface area contributed by atoms with Gasteiger partial charge in [0.05, 0.1) is 10.7 Å². The Hall–Kier alpha value is -2.29. The lowest BCUT2D eigenvalue weighted by Gasteiger charge is -2.00. The summed E-state index contributed by atoms with van der Waals surface area (Å²) < 4.78 is 31.5. The van der Waals surface area contributed by atoms with Crippen LogP contribution >= 0.6 is 15.9 Å². The normalized spacial score (nSPS) is 10.9. The van der Waals surface area contributed by atoms with Gasteiger partial charge < -0.3 is 10.3 Å². The molecule has 102 valence electrons. The minimum Gasteiger partial charge on any atom is -0.383 e. The van der Waals surface area contributed by atoms with Crippen LogP contribution in [0.5, 0.6) is 0 Å². The van der Waals surface area contributed by atoms with Crippen molar-refractivity contribution in [2.24, 2.45) is 0 Å². The smallest absolute Gasteiger partial charge is 0.263 e. The monoisotopic (exact) mass is 341 g/mol. The second-order valence-electron chi connectivity index (χ2n) is 3.84. The molecule has 2 aromatic heterocycles. The van der Waals surface area contributed by atoms with E-state index in [4.69, 9.17) is 10.3 Å². The number of aromatic amines is 1. The Balaban J connectivity index is 2.07. The van der Waals surface area contributed by atoms with E-state index >= 15 is 0 Å². The summed E-state index contributed by atoms with van der Waals surface area (Å²) in [7, 11) is 0. The molecule has 0 saturated heterocycles. The van der Waals surface area contributed by atoms with Crippen LogP contribution in [0.25, 0.3) is 22.8 Å². The Bertz CT molecular complexity index is 785. The van der Waals surface area contributed by atoms with Gasteiger partial charge >= 0.3 is 0 Å². The Morgan fingerprint density at radius 3 is 2.75 bits per heavy atom. The number of nitrogens with two attached hydrogens (primary N) is 1. The summed E-state index contributed by atoms with van der Waals surface area (Å²) in [6.07, 6.45) is 1.42. The number of H-pyrrole nitrogens is 1. The lowest BCUT2D eigenvalue weighted by Crippen LogP contribution is -1.91. The molecule has 0 amide bonds. The highest BCUT2D eigenvalue weighted by molar-refractivity contribution is 9.10. The van der Waals surface area contributed by atoms with Gasteiger partial charge in [-0.1, -0.05) is 5.16 Å². The molecule has 0 atom stereocenters. The quantitative estimate of drug-likeness (QED) is 0.699. The van der Waals surface area contributed by atoms with Crippen LogP contribution < -0.4 is 5.73 Å². The number of anilines is 1. The number of halogens is 3. The molecule has 3 aromatic rings. The Labute approximate surface area is 119 Å². The summed E-state index contributed by atoms with van der Waals surface area (Å²) in [5, 5.41) is 9.96. The van der Waals surface area contributed by atoms with Crippen molar-refractivity contribution in [2.45, 2.75) is 0 Å². The van der Waals surface area contributed by atoms with Crippen molar-refractivity contribution in [3.8, 4) is 22.8 Å². The van der Waals surface area contributed by atoms with E-state index in [0.717, 1.165) is 6.07 Å². The van der Waals surface area contributed by atoms with Crippen LogP contribution in [0.1, 0.15) is 0 Å². The molecule has 3 rings (SSSR count). The van der Waals surface area contributed by atoms with Gasteiger partial charge in [-0.25, -0.2) is 8.78 Å². The first-order valence-electron chi connectivity index (χ1n) is 5.34. The number of nitrogens with zero attached hydrogens (tertiary/aromatic N) is 3. The van der Waals surface area contributed by atoms with Gasteiger partial charge in [-0.3, -0.25) is 5.10 Å². The molecule has 0 saturated carbocycles. The molecule has 0 fully saturated rings. The molecular formula is C11H6BrF2N5O. The van der Waals surface area contributed by atoms with Crippen LogP contribution in [0.2, 0.25) is 0 Å². The van der Waals surface area contributed by atoms with Crippen molar-refractivity contribution in [2.75, 3.05) is 5.73 Å². The van der Waals surface area contributed by atoms with Gasteiger partial charge in [-0.05, 0) is 28.1 Å². The lowest BCUT2D eigenvalue weighted by molar-refractivity contribution is 0.432. The third kappa shape index (κ3) is 1.95. The van der Waals surface area contributed by atoms with E-state index < -0.39 is 11.6 Å². The van der Waals surface area contributed by atoms with Gasteiger partial charge in [0.25, 0.3) is 5.89 Å². The summed E-state index contributed by atoms with van der Waals surface area (Å²) in [6, 6.07) is 2.33.